The maximum absolute atomic E-state index is 4.78. The molecule has 4 heteroatoms. The smallest absolute Gasteiger partial charge is 0.0730 e. The van der Waals surface area contributed by atoms with E-state index in [9.17, 15) is 0 Å². The van der Waals surface area contributed by atoms with E-state index in [1.54, 1.807) is 0 Å². The quantitative estimate of drug-likeness (QED) is 0.727. The summed E-state index contributed by atoms with van der Waals surface area (Å²) < 4.78 is 0. The zero-order valence-corrected chi connectivity index (χ0v) is 13.3. The maximum atomic E-state index is 4.78. The van der Waals surface area contributed by atoms with Crippen molar-refractivity contribution < 1.29 is 0 Å². The van der Waals surface area contributed by atoms with Gasteiger partial charge in [-0.2, -0.15) is 0 Å². The zero-order valence-electron chi connectivity index (χ0n) is 13.3. The van der Waals surface area contributed by atoms with Gasteiger partial charge in [0.15, 0.2) is 0 Å². The Morgan fingerprint density at radius 3 is 2.17 bits per heavy atom. The first-order chi connectivity index (χ1) is 11.4. The first-order valence-corrected chi connectivity index (χ1v) is 8.36. The van der Waals surface area contributed by atoms with Crippen molar-refractivity contribution >= 4 is 27.5 Å². The second kappa shape index (κ2) is 6.52. The van der Waals surface area contributed by atoms with Crippen molar-refractivity contribution in [2.75, 3.05) is 44.6 Å². The monoisotopic (exact) mass is 306 g/mol. The molecule has 2 N–H and O–H groups in total. The number of anilines is 1. The first kappa shape index (κ1) is 14.4. The first-order valence-electron chi connectivity index (χ1n) is 8.36. The highest BCUT2D eigenvalue weighted by Gasteiger charge is 2.11. The van der Waals surface area contributed by atoms with Crippen LogP contribution in [0.25, 0.3) is 21.8 Å². The summed E-state index contributed by atoms with van der Waals surface area (Å²) in [7, 11) is 0. The highest BCUT2D eigenvalue weighted by atomic mass is 15.2. The predicted molar refractivity (Wildman–Crippen MR) is 97.0 cm³/mol. The van der Waals surface area contributed by atoms with E-state index >= 15 is 0 Å². The van der Waals surface area contributed by atoms with Gasteiger partial charge in [0.1, 0.15) is 0 Å². The second-order valence-corrected chi connectivity index (χ2v) is 6.04. The molecular formula is C19H22N4. The Labute approximate surface area is 136 Å². The van der Waals surface area contributed by atoms with Gasteiger partial charge in [0.25, 0.3) is 0 Å². The average Bonchev–Trinajstić information content (AvgIpc) is 2.62. The number of pyridine rings is 1. The molecule has 3 aromatic rings. The Bertz CT molecular complexity index is 755. The number of piperazine rings is 1. The van der Waals surface area contributed by atoms with Crippen LogP contribution in [0.4, 0.5) is 5.69 Å². The average molecular weight is 306 g/mol. The number of fused-ring (bicyclic) bond motifs is 2. The van der Waals surface area contributed by atoms with Crippen molar-refractivity contribution in [1.82, 2.24) is 15.2 Å². The van der Waals surface area contributed by atoms with Crippen LogP contribution >= 0.6 is 0 Å². The van der Waals surface area contributed by atoms with Gasteiger partial charge in [-0.1, -0.05) is 36.4 Å². The minimum Gasteiger partial charge on any atom is -0.383 e. The van der Waals surface area contributed by atoms with Crippen molar-refractivity contribution in [1.29, 1.82) is 0 Å². The van der Waals surface area contributed by atoms with Gasteiger partial charge in [-0.3, -0.25) is 4.90 Å². The number of para-hydroxylation sites is 2. The molecule has 0 bridgehead atoms. The second-order valence-electron chi connectivity index (χ2n) is 6.04. The minimum atomic E-state index is 0.956. The van der Waals surface area contributed by atoms with Gasteiger partial charge in [0.05, 0.1) is 16.7 Å². The van der Waals surface area contributed by atoms with Gasteiger partial charge < -0.3 is 10.6 Å². The lowest BCUT2D eigenvalue weighted by molar-refractivity contribution is 0.249. The Kier molecular flexibility index (Phi) is 4.09. The fourth-order valence-electron chi connectivity index (χ4n) is 3.30. The fourth-order valence-corrected chi connectivity index (χ4v) is 3.30. The Morgan fingerprint density at radius 1 is 0.913 bits per heavy atom. The maximum Gasteiger partial charge on any atom is 0.0730 e. The predicted octanol–water partition coefficient (Wildman–Crippen LogP) is 2.71. The molecule has 23 heavy (non-hydrogen) atoms. The molecule has 0 spiro atoms. The Morgan fingerprint density at radius 2 is 1.52 bits per heavy atom. The lowest BCUT2D eigenvalue weighted by atomic mass is 10.1. The number of aromatic nitrogens is 1. The molecule has 1 saturated heterocycles. The largest absolute Gasteiger partial charge is 0.383 e. The molecule has 1 fully saturated rings. The number of benzene rings is 2. The number of hydrogen-bond acceptors (Lipinski definition) is 4. The lowest BCUT2D eigenvalue weighted by Gasteiger charge is -2.27. The number of rotatable bonds is 4. The number of nitrogens with one attached hydrogen (secondary N) is 2. The van der Waals surface area contributed by atoms with Crippen LogP contribution in [0.3, 0.4) is 0 Å². The molecule has 0 aliphatic carbocycles. The summed E-state index contributed by atoms with van der Waals surface area (Å²) in [5, 5.41) is 9.48. The third kappa shape index (κ3) is 3.00. The standard InChI is InChI=1S/C19H22N4/c1-3-7-17-15(5-1)19(16-6-2-4-8-18(16)22-17)21-11-14-23-12-9-20-10-13-23/h1-8,20H,9-14H2,(H,21,22). The van der Waals surface area contributed by atoms with Gasteiger partial charge in [-0.25, -0.2) is 4.98 Å². The third-order valence-electron chi connectivity index (χ3n) is 4.53. The van der Waals surface area contributed by atoms with E-state index in [0.29, 0.717) is 0 Å². The number of hydrogen-bond donors (Lipinski definition) is 2. The van der Waals surface area contributed by atoms with Gasteiger partial charge >= 0.3 is 0 Å². The van der Waals surface area contributed by atoms with Gasteiger partial charge in [0.2, 0.25) is 0 Å². The van der Waals surface area contributed by atoms with Crippen LogP contribution in [-0.4, -0.2) is 49.2 Å². The van der Waals surface area contributed by atoms with E-state index in [-0.39, 0.29) is 0 Å². The van der Waals surface area contributed by atoms with Crippen molar-refractivity contribution in [3.05, 3.63) is 48.5 Å². The van der Waals surface area contributed by atoms with E-state index < -0.39 is 0 Å². The van der Waals surface area contributed by atoms with Crippen LogP contribution in [0.5, 0.6) is 0 Å². The van der Waals surface area contributed by atoms with Crippen LogP contribution in [-0.2, 0) is 0 Å². The van der Waals surface area contributed by atoms with Crippen molar-refractivity contribution in [2.24, 2.45) is 0 Å². The van der Waals surface area contributed by atoms with E-state index in [4.69, 9.17) is 4.98 Å². The van der Waals surface area contributed by atoms with Crippen LogP contribution in [0.2, 0.25) is 0 Å². The molecule has 4 nitrogen and oxygen atoms in total. The molecule has 1 aliphatic rings. The summed E-state index contributed by atoms with van der Waals surface area (Å²) in [6.07, 6.45) is 0. The van der Waals surface area contributed by atoms with E-state index in [1.807, 2.05) is 0 Å². The molecule has 2 aromatic carbocycles. The van der Waals surface area contributed by atoms with E-state index in [1.165, 1.54) is 16.5 Å². The van der Waals surface area contributed by atoms with E-state index in [2.05, 4.69) is 64.1 Å². The minimum absolute atomic E-state index is 0.956. The molecule has 0 unspecified atom stereocenters. The highest BCUT2D eigenvalue weighted by Crippen LogP contribution is 2.30. The normalized spacial score (nSPS) is 16.0. The van der Waals surface area contributed by atoms with Crippen LogP contribution in [0, 0.1) is 0 Å². The summed E-state index contributed by atoms with van der Waals surface area (Å²) in [6.45, 7) is 6.51. The highest BCUT2D eigenvalue weighted by molar-refractivity contribution is 6.07. The fraction of sp³-hybridized carbons (Fsp3) is 0.316. The van der Waals surface area contributed by atoms with Crippen LogP contribution < -0.4 is 10.6 Å². The third-order valence-corrected chi connectivity index (χ3v) is 4.53. The Hall–Kier alpha value is -2.17. The molecule has 0 saturated carbocycles. The SMILES string of the molecule is c1ccc2c(NCCN3CCNCC3)c3ccccc3nc2c1. The molecule has 0 radical (unpaired) electrons. The molecule has 1 aliphatic heterocycles. The summed E-state index contributed by atoms with van der Waals surface area (Å²) in [5.41, 5.74) is 3.31. The van der Waals surface area contributed by atoms with Crippen molar-refractivity contribution in [3.8, 4) is 0 Å². The molecule has 2 heterocycles. The van der Waals surface area contributed by atoms with Crippen LogP contribution in [0.15, 0.2) is 48.5 Å². The zero-order chi connectivity index (χ0) is 15.5. The summed E-state index contributed by atoms with van der Waals surface area (Å²) in [5.74, 6) is 0. The molecular weight excluding hydrogens is 284 g/mol. The van der Waals surface area contributed by atoms with Gasteiger partial charge in [-0.15, -0.1) is 0 Å². The van der Waals surface area contributed by atoms with Crippen molar-refractivity contribution in [2.45, 2.75) is 0 Å². The lowest BCUT2D eigenvalue weighted by Crippen LogP contribution is -2.45. The van der Waals surface area contributed by atoms with Crippen LogP contribution in [0.1, 0.15) is 0 Å². The topological polar surface area (TPSA) is 40.2 Å². The summed E-state index contributed by atoms with van der Waals surface area (Å²) in [4.78, 5) is 7.29. The van der Waals surface area contributed by atoms with E-state index in [0.717, 1.165) is 50.3 Å². The van der Waals surface area contributed by atoms with Crippen molar-refractivity contribution in [3.63, 3.8) is 0 Å². The number of nitrogens with zero attached hydrogens (tertiary/aromatic N) is 2. The molecule has 1 aromatic heterocycles. The Balaban J connectivity index is 1.63. The van der Waals surface area contributed by atoms with Gasteiger partial charge in [0, 0.05) is 50.0 Å². The molecule has 118 valence electrons. The van der Waals surface area contributed by atoms with Gasteiger partial charge in [-0.05, 0) is 12.1 Å². The molecule has 0 atom stereocenters. The summed E-state index contributed by atoms with van der Waals surface area (Å²) in [6, 6.07) is 16.8. The summed E-state index contributed by atoms with van der Waals surface area (Å²) >= 11 is 0. The molecule has 4 rings (SSSR count). The molecule has 0 amide bonds.